The SMILES string of the molecule is C[C@@H]1CN(C(=O)c2cc3c(=O)n4ccccc4nc3n2Cc2ccccc2)C[C@H](C)O1. The highest BCUT2D eigenvalue weighted by Crippen LogP contribution is 2.22. The van der Waals surface area contributed by atoms with Crippen LogP contribution in [-0.4, -0.2) is 50.1 Å². The van der Waals surface area contributed by atoms with Gasteiger partial charge in [-0.05, 0) is 37.6 Å². The number of fused-ring (bicyclic) bond motifs is 2. The number of hydrogen-bond acceptors (Lipinski definition) is 4. The van der Waals surface area contributed by atoms with Crippen LogP contribution in [0, 0.1) is 0 Å². The molecule has 4 heterocycles. The van der Waals surface area contributed by atoms with Crippen LogP contribution in [0.5, 0.6) is 0 Å². The van der Waals surface area contributed by atoms with Gasteiger partial charge in [0.2, 0.25) is 0 Å². The molecule has 1 aromatic carbocycles. The molecule has 7 heteroatoms. The standard InChI is InChI=1S/C24H24N4O3/c1-16-13-26(14-17(2)31-16)24(30)20-12-19-22(28(20)15-18-8-4-3-5-9-18)25-21-10-6-7-11-27(21)23(19)29/h3-12,16-17H,13-15H2,1-2H3/t16-,17+. The topological polar surface area (TPSA) is 68.8 Å². The zero-order valence-electron chi connectivity index (χ0n) is 17.6. The van der Waals surface area contributed by atoms with Gasteiger partial charge in [-0.3, -0.25) is 14.0 Å². The summed E-state index contributed by atoms with van der Waals surface area (Å²) in [6, 6.07) is 17.0. The number of hydrogen-bond donors (Lipinski definition) is 0. The van der Waals surface area contributed by atoms with E-state index < -0.39 is 0 Å². The average molecular weight is 416 g/mol. The molecule has 4 aromatic rings. The Labute approximate surface area is 179 Å². The van der Waals surface area contributed by atoms with Crippen molar-refractivity contribution in [3.05, 3.63) is 82.4 Å². The minimum atomic E-state index is -0.176. The van der Waals surface area contributed by atoms with E-state index in [0.29, 0.717) is 42.0 Å². The van der Waals surface area contributed by atoms with Crippen LogP contribution in [-0.2, 0) is 11.3 Å². The Morgan fingerprint density at radius 2 is 1.77 bits per heavy atom. The number of amides is 1. The van der Waals surface area contributed by atoms with E-state index in [1.165, 1.54) is 4.40 Å². The van der Waals surface area contributed by atoms with E-state index in [1.807, 2.05) is 59.7 Å². The molecule has 0 bridgehead atoms. The van der Waals surface area contributed by atoms with E-state index >= 15 is 0 Å². The van der Waals surface area contributed by atoms with Crippen LogP contribution in [0.2, 0.25) is 0 Å². The summed E-state index contributed by atoms with van der Waals surface area (Å²) in [5.74, 6) is -0.107. The lowest BCUT2D eigenvalue weighted by Gasteiger charge is -2.35. The number of nitrogens with zero attached hydrogens (tertiary/aromatic N) is 4. The summed E-state index contributed by atoms with van der Waals surface area (Å²) < 4.78 is 9.18. The second-order valence-electron chi connectivity index (χ2n) is 8.15. The number of ether oxygens (including phenoxy) is 1. The van der Waals surface area contributed by atoms with Gasteiger partial charge in [-0.15, -0.1) is 0 Å². The fourth-order valence-corrected chi connectivity index (χ4v) is 4.36. The first-order valence-corrected chi connectivity index (χ1v) is 10.5. The zero-order valence-corrected chi connectivity index (χ0v) is 17.6. The number of rotatable bonds is 3. The van der Waals surface area contributed by atoms with Crippen molar-refractivity contribution in [2.24, 2.45) is 0 Å². The lowest BCUT2D eigenvalue weighted by Crippen LogP contribution is -2.48. The molecule has 0 spiro atoms. The van der Waals surface area contributed by atoms with Crippen molar-refractivity contribution in [1.29, 1.82) is 0 Å². The average Bonchev–Trinajstić information content (AvgIpc) is 3.12. The fraction of sp³-hybridized carbons (Fsp3) is 0.292. The van der Waals surface area contributed by atoms with Crippen LogP contribution < -0.4 is 5.56 Å². The van der Waals surface area contributed by atoms with Crippen molar-refractivity contribution in [3.63, 3.8) is 0 Å². The van der Waals surface area contributed by atoms with E-state index in [9.17, 15) is 9.59 Å². The summed E-state index contributed by atoms with van der Waals surface area (Å²) in [7, 11) is 0. The predicted octanol–water partition coefficient (Wildman–Crippen LogP) is 2.95. The van der Waals surface area contributed by atoms with E-state index in [2.05, 4.69) is 0 Å². The van der Waals surface area contributed by atoms with Crippen LogP contribution in [0.1, 0.15) is 29.9 Å². The molecule has 2 atom stereocenters. The third-order valence-electron chi connectivity index (χ3n) is 5.69. The molecular weight excluding hydrogens is 392 g/mol. The lowest BCUT2D eigenvalue weighted by molar-refractivity contribution is -0.0588. The summed E-state index contributed by atoms with van der Waals surface area (Å²) in [6.07, 6.45) is 1.63. The molecule has 0 saturated carbocycles. The van der Waals surface area contributed by atoms with E-state index in [0.717, 1.165) is 5.56 Å². The molecule has 0 aliphatic carbocycles. The zero-order chi connectivity index (χ0) is 21.5. The van der Waals surface area contributed by atoms with Crippen LogP contribution in [0.3, 0.4) is 0 Å². The minimum absolute atomic E-state index is 0.0361. The van der Waals surface area contributed by atoms with E-state index in [1.54, 1.807) is 24.4 Å². The first kappa shape index (κ1) is 19.5. The molecule has 0 unspecified atom stereocenters. The van der Waals surface area contributed by atoms with Crippen molar-refractivity contribution in [2.75, 3.05) is 13.1 Å². The summed E-state index contributed by atoms with van der Waals surface area (Å²) in [5, 5.41) is 0.442. The molecule has 1 fully saturated rings. The minimum Gasteiger partial charge on any atom is -0.372 e. The second-order valence-corrected chi connectivity index (χ2v) is 8.15. The molecule has 1 aliphatic heterocycles. The van der Waals surface area contributed by atoms with Crippen molar-refractivity contribution in [2.45, 2.75) is 32.6 Å². The Bertz CT molecular complexity index is 1320. The smallest absolute Gasteiger partial charge is 0.270 e. The number of pyridine rings is 1. The summed E-state index contributed by atoms with van der Waals surface area (Å²) >= 11 is 0. The van der Waals surface area contributed by atoms with Gasteiger partial charge in [0, 0.05) is 25.8 Å². The maximum atomic E-state index is 13.6. The van der Waals surface area contributed by atoms with Gasteiger partial charge in [-0.2, -0.15) is 0 Å². The molecule has 3 aromatic heterocycles. The summed E-state index contributed by atoms with van der Waals surface area (Å²) in [6.45, 7) is 5.43. The van der Waals surface area contributed by atoms with Gasteiger partial charge in [0.1, 0.15) is 17.0 Å². The van der Waals surface area contributed by atoms with Crippen LogP contribution in [0.25, 0.3) is 16.7 Å². The fourth-order valence-electron chi connectivity index (χ4n) is 4.36. The second kappa shape index (κ2) is 7.67. The van der Waals surface area contributed by atoms with Gasteiger partial charge in [0.25, 0.3) is 11.5 Å². The Morgan fingerprint density at radius 1 is 1.06 bits per heavy atom. The largest absolute Gasteiger partial charge is 0.372 e. The third-order valence-corrected chi connectivity index (χ3v) is 5.69. The number of carbonyl (C=O) groups is 1. The molecule has 0 radical (unpaired) electrons. The number of morpholine rings is 1. The highest BCUT2D eigenvalue weighted by atomic mass is 16.5. The Hall–Kier alpha value is -3.45. The quantitative estimate of drug-likeness (QED) is 0.515. The maximum absolute atomic E-state index is 13.6. The van der Waals surface area contributed by atoms with Crippen molar-refractivity contribution in [1.82, 2.24) is 18.9 Å². The molecule has 31 heavy (non-hydrogen) atoms. The normalized spacial score (nSPS) is 19.2. The van der Waals surface area contributed by atoms with Crippen molar-refractivity contribution in [3.8, 4) is 0 Å². The first-order chi connectivity index (χ1) is 15.0. The molecule has 1 amide bonds. The molecule has 158 valence electrons. The monoisotopic (exact) mass is 416 g/mol. The maximum Gasteiger partial charge on any atom is 0.270 e. The van der Waals surface area contributed by atoms with Crippen LogP contribution in [0.4, 0.5) is 0 Å². The lowest BCUT2D eigenvalue weighted by atomic mass is 10.2. The van der Waals surface area contributed by atoms with Gasteiger partial charge in [-0.25, -0.2) is 4.98 Å². The molecule has 1 saturated heterocycles. The number of carbonyl (C=O) groups excluding carboxylic acids is 1. The molecule has 0 N–H and O–H groups in total. The molecule has 5 rings (SSSR count). The molecule has 7 nitrogen and oxygen atoms in total. The van der Waals surface area contributed by atoms with Gasteiger partial charge in [0.15, 0.2) is 0 Å². The highest BCUT2D eigenvalue weighted by molar-refractivity contribution is 5.98. The van der Waals surface area contributed by atoms with Gasteiger partial charge in [-0.1, -0.05) is 36.4 Å². The highest BCUT2D eigenvalue weighted by Gasteiger charge is 2.29. The van der Waals surface area contributed by atoms with Crippen molar-refractivity contribution >= 4 is 22.6 Å². The Morgan fingerprint density at radius 3 is 2.52 bits per heavy atom. The Balaban J connectivity index is 1.69. The predicted molar refractivity (Wildman–Crippen MR) is 118 cm³/mol. The van der Waals surface area contributed by atoms with E-state index in [-0.39, 0.29) is 23.7 Å². The third kappa shape index (κ3) is 3.51. The van der Waals surface area contributed by atoms with Crippen LogP contribution in [0.15, 0.2) is 65.6 Å². The van der Waals surface area contributed by atoms with E-state index in [4.69, 9.17) is 9.72 Å². The summed E-state index contributed by atoms with van der Waals surface area (Å²) in [4.78, 5) is 33.3. The molecule has 1 aliphatic rings. The number of benzene rings is 1. The van der Waals surface area contributed by atoms with Crippen LogP contribution >= 0.6 is 0 Å². The number of aromatic nitrogens is 3. The first-order valence-electron chi connectivity index (χ1n) is 10.5. The summed E-state index contributed by atoms with van der Waals surface area (Å²) in [5.41, 5.74) is 2.41. The van der Waals surface area contributed by atoms with Gasteiger partial charge < -0.3 is 14.2 Å². The van der Waals surface area contributed by atoms with Crippen molar-refractivity contribution < 1.29 is 9.53 Å². The molecular formula is C24H24N4O3. The Kier molecular flexibility index (Phi) is 4.82. The van der Waals surface area contributed by atoms with Gasteiger partial charge in [0.05, 0.1) is 17.6 Å². The van der Waals surface area contributed by atoms with Gasteiger partial charge >= 0.3 is 0 Å².